The quantitative estimate of drug-likeness (QED) is 0.432. The lowest BCUT2D eigenvalue weighted by Crippen LogP contribution is -2.35. The molecule has 1 heterocycles. The van der Waals surface area contributed by atoms with E-state index >= 15 is 0 Å². The maximum atomic E-state index is 13.0. The molecule has 0 aliphatic carbocycles. The van der Waals surface area contributed by atoms with Gasteiger partial charge in [0.15, 0.2) is 0 Å². The average molecular weight is 408 g/mol. The topological polar surface area (TPSA) is 70.1 Å². The number of amides is 1. The van der Waals surface area contributed by atoms with E-state index in [0.29, 0.717) is 31.0 Å². The van der Waals surface area contributed by atoms with E-state index in [1.807, 2.05) is 57.1 Å². The second kappa shape index (κ2) is 9.13. The maximum Gasteiger partial charge on any atom is 0.295 e. The van der Waals surface area contributed by atoms with Crippen molar-refractivity contribution >= 4 is 17.4 Å². The van der Waals surface area contributed by atoms with E-state index in [0.717, 1.165) is 11.1 Å². The minimum Gasteiger partial charge on any atom is -0.507 e. The molecule has 158 valence electrons. The molecule has 1 unspecified atom stereocenters. The van der Waals surface area contributed by atoms with E-state index in [1.165, 1.54) is 0 Å². The van der Waals surface area contributed by atoms with E-state index in [1.54, 1.807) is 29.2 Å². The van der Waals surface area contributed by atoms with Crippen LogP contribution in [0.15, 0.2) is 54.1 Å². The number of aryl methyl sites for hydroxylation is 1. The van der Waals surface area contributed by atoms with Gasteiger partial charge in [0.1, 0.15) is 11.5 Å². The first-order chi connectivity index (χ1) is 14.3. The predicted molar refractivity (Wildman–Crippen MR) is 116 cm³/mol. The van der Waals surface area contributed by atoms with Crippen LogP contribution >= 0.6 is 0 Å². The Balaban J connectivity index is 2.12. The van der Waals surface area contributed by atoms with Crippen LogP contribution in [-0.4, -0.2) is 60.4 Å². The maximum absolute atomic E-state index is 13.0. The molecule has 1 aliphatic rings. The second-order valence-corrected chi connectivity index (χ2v) is 7.67. The van der Waals surface area contributed by atoms with Gasteiger partial charge in [0.25, 0.3) is 11.7 Å². The van der Waals surface area contributed by atoms with E-state index in [4.69, 9.17) is 4.74 Å². The number of likely N-dealkylation sites (tertiary alicyclic amines) is 1. The third-order valence-electron chi connectivity index (χ3n) is 5.14. The summed E-state index contributed by atoms with van der Waals surface area (Å²) in [7, 11) is 3.83. The van der Waals surface area contributed by atoms with E-state index in [9.17, 15) is 14.7 Å². The molecule has 30 heavy (non-hydrogen) atoms. The summed E-state index contributed by atoms with van der Waals surface area (Å²) in [5.41, 5.74) is 2.43. The standard InChI is InChI=1S/C24H28N2O4/c1-5-30-19-8-6-7-18(15-19)22(27)20-21(17-11-9-16(2)10-12-17)26(14-13-25(3)4)24(29)23(20)28/h6-12,15,21,27H,5,13-14H2,1-4H3. The minimum absolute atomic E-state index is 0.108. The zero-order valence-electron chi connectivity index (χ0n) is 17.9. The van der Waals surface area contributed by atoms with Crippen LogP contribution in [0.3, 0.4) is 0 Å². The predicted octanol–water partition coefficient (Wildman–Crippen LogP) is 3.38. The number of rotatable bonds is 7. The SMILES string of the molecule is CCOc1cccc(C(O)=C2C(=O)C(=O)N(CCN(C)C)C2c2ccc(C)cc2)c1. The largest absolute Gasteiger partial charge is 0.507 e. The van der Waals surface area contributed by atoms with Crippen LogP contribution < -0.4 is 4.74 Å². The molecule has 6 nitrogen and oxygen atoms in total. The molecule has 1 saturated heterocycles. The van der Waals surface area contributed by atoms with Crippen LogP contribution in [0.1, 0.15) is 29.7 Å². The Morgan fingerprint density at radius 3 is 2.47 bits per heavy atom. The molecule has 1 fully saturated rings. The molecule has 6 heteroatoms. The first-order valence-electron chi connectivity index (χ1n) is 10.1. The third kappa shape index (κ3) is 4.39. The lowest BCUT2D eigenvalue weighted by atomic mass is 9.94. The molecule has 0 bridgehead atoms. The summed E-state index contributed by atoms with van der Waals surface area (Å²) in [5.74, 6) is -0.855. The third-order valence-corrected chi connectivity index (χ3v) is 5.14. The average Bonchev–Trinajstić information content (AvgIpc) is 2.97. The zero-order valence-corrected chi connectivity index (χ0v) is 17.9. The van der Waals surface area contributed by atoms with Crippen LogP contribution in [0.25, 0.3) is 5.76 Å². The highest BCUT2D eigenvalue weighted by Gasteiger charge is 2.45. The van der Waals surface area contributed by atoms with Gasteiger partial charge in [0.2, 0.25) is 0 Å². The summed E-state index contributed by atoms with van der Waals surface area (Å²) in [6, 6.07) is 14.0. The summed E-state index contributed by atoms with van der Waals surface area (Å²) < 4.78 is 5.52. The number of benzene rings is 2. The normalized spacial score (nSPS) is 18.3. The van der Waals surface area contributed by atoms with Gasteiger partial charge in [-0.3, -0.25) is 9.59 Å². The van der Waals surface area contributed by atoms with Crippen molar-refractivity contribution in [3.05, 3.63) is 70.8 Å². The number of hydrogen-bond acceptors (Lipinski definition) is 5. The second-order valence-electron chi connectivity index (χ2n) is 7.67. The summed E-state index contributed by atoms with van der Waals surface area (Å²) in [5, 5.41) is 11.1. The first kappa shape index (κ1) is 21.6. The molecule has 1 N–H and O–H groups in total. The molecule has 0 spiro atoms. The highest BCUT2D eigenvalue weighted by molar-refractivity contribution is 6.46. The fraction of sp³-hybridized carbons (Fsp3) is 0.333. The van der Waals surface area contributed by atoms with Gasteiger partial charge in [-0.2, -0.15) is 0 Å². The molecule has 3 rings (SSSR count). The lowest BCUT2D eigenvalue weighted by Gasteiger charge is -2.26. The van der Waals surface area contributed by atoms with E-state index in [-0.39, 0.29) is 11.3 Å². The van der Waals surface area contributed by atoms with Crippen LogP contribution in [0, 0.1) is 6.92 Å². The number of carbonyl (C=O) groups excluding carboxylic acids is 2. The highest BCUT2D eigenvalue weighted by atomic mass is 16.5. The van der Waals surface area contributed by atoms with Crippen molar-refractivity contribution in [3.63, 3.8) is 0 Å². The van der Waals surface area contributed by atoms with Gasteiger partial charge < -0.3 is 19.6 Å². The molecule has 1 atom stereocenters. The minimum atomic E-state index is -0.668. The Morgan fingerprint density at radius 1 is 1.13 bits per heavy atom. The van der Waals surface area contributed by atoms with Crippen molar-refractivity contribution in [2.45, 2.75) is 19.9 Å². The van der Waals surface area contributed by atoms with Crippen molar-refractivity contribution < 1.29 is 19.4 Å². The number of aliphatic hydroxyl groups is 1. The molecule has 0 aromatic heterocycles. The number of likely N-dealkylation sites (N-methyl/N-ethyl adjacent to an activating group) is 1. The van der Waals surface area contributed by atoms with Crippen molar-refractivity contribution in [1.29, 1.82) is 0 Å². The molecular formula is C24H28N2O4. The Morgan fingerprint density at radius 2 is 1.83 bits per heavy atom. The van der Waals surface area contributed by atoms with Crippen molar-refractivity contribution in [2.24, 2.45) is 0 Å². The van der Waals surface area contributed by atoms with Crippen molar-refractivity contribution in [2.75, 3.05) is 33.8 Å². The van der Waals surface area contributed by atoms with Crippen LogP contribution in [0.5, 0.6) is 5.75 Å². The molecular weight excluding hydrogens is 380 g/mol. The summed E-state index contributed by atoms with van der Waals surface area (Å²) in [4.78, 5) is 29.4. The van der Waals surface area contributed by atoms with Crippen molar-refractivity contribution in [1.82, 2.24) is 9.80 Å². The van der Waals surface area contributed by atoms with E-state index < -0.39 is 17.7 Å². The van der Waals surface area contributed by atoms with Gasteiger partial charge in [0.05, 0.1) is 18.2 Å². The van der Waals surface area contributed by atoms with Crippen LogP contribution in [-0.2, 0) is 9.59 Å². The summed E-state index contributed by atoms with van der Waals surface area (Å²) in [6.45, 7) is 5.33. The number of hydrogen-bond donors (Lipinski definition) is 1. The Kier molecular flexibility index (Phi) is 6.57. The fourth-order valence-electron chi connectivity index (χ4n) is 3.57. The number of ketones is 1. The van der Waals surface area contributed by atoms with Gasteiger partial charge >= 0.3 is 0 Å². The summed E-state index contributed by atoms with van der Waals surface area (Å²) >= 11 is 0. The molecule has 2 aromatic carbocycles. The number of Topliss-reactive ketones (excluding diaryl/α,β-unsaturated/α-hetero) is 1. The van der Waals surface area contributed by atoms with Gasteiger partial charge in [-0.05, 0) is 45.6 Å². The van der Waals surface area contributed by atoms with Gasteiger partial charge in [-0.15, -0.1) is 0 Å². The number of aliphatic hydroxyl groups excluding tert-OH is 1. The Bertz CT molecular complexity index is 963. The molecule has 2 aromatic rings. The van der Waals surface area contributed by atoms with Crippen LogP contribution in [0.2, 0.25) is 0 Å². The lowest BCUT2D eigenvalue weighted by molar-refractivity contribution is -0.140. The summed E-state index contributed by atoms with van der Waals surface area (Å²) in [6.07, 6.45) is 0. The van der Waals surface area contributed by atoms with Gasteiger partial charge in [0, 0.05) is 18.7 Å². The monoisotopic (exact) mass is 408 g/mol. The fourth-order valence-corrected chi connectivity index (χ4v) is 3.57. The molecule has 1 amide bonds. The van der Waals surface area contributed by atoms with Crippen LogP contribution in [0.4, 0.5) is 0 Å². The first-order valence-corrected chi connectivity index (χ1v) is 10.1. The molecule has 0 saturated carbocycles. The van der Waals surface area contributed by atoms with Crippen molar-refractivity contribution in [3.8, 4) is 5.75 Å². The Hall–Kier alpha value is -3.12. The van der Waals surface area contributed by atoms with Gasteiger partial charge in [-0.1, -0.05) is 42.0 Å². The number of carbonyl (C=O) groups is 2. The number of ether oxygens (including phenoxy) is 1. The Labute approximate surface area is 177 Å². The smallest absolute Gasteiger partial charge is 0.295 e. The van der Waals surface area contributed by atoms with Gasteiger partial charge in [-0.25, -0.2) is 0 Å². The molecule has 1 aliphatic heterocycles. The molecule has 0 radical (unpaired) electrons. The number of nitrogens with zero attached hydrogens (tertiary/aromatic N) is 2. The highest BCUT2D eigenvalue weighted by Crippen LogP contribution is 2.39. The zero-order chi connectivity index (χ0) is 21.8. The van der Waals surface area contributed by atoms with E-state index in [2.05, 4.69) is 0 Å².